The second-order valence-corrected chi connectivity index (χ2v) is 7.43. The molecular formula is C16H26ClN3O2. The molecule has 0 aromatic carbocycles. The van der Waals surface area contributed by atoms with Crippen LogP contribution in [0.3, 0.4) is 0 Å². The normalized spacial score (nSPS) is 12.0. The number of amides is 1. The zero-order chi connectivity index (χ0) is 17.0. The second-order valence-electron chi connectivity index (χ2n) is 7.07. The van der Waals surface area contributed by atoms with Gasteiger partial charge in [0, 0.05) is 24.8 Å². The summed E-state index contributed by atoms with van der Waals surface area (Å²) in [7, 11) is 0. The summed E-state index contributed by atoms with van der Waals surface area (Å²) in [5.74, 6) is 0. The zero-order valence-electron chi connectivity index (χ0n) is 14.2. The summed E-state index contributed by atoms with van der Waals surface area (Å²) >= 11 is 6.00. The fraction of sp³-hybridized carbons (Fsp3) is 0.625. The van der Waals surface area contributed by atoms with Crippen LogP contribution in [0.25, 0.3) is 0 Å². The molecule has 1 rings (SSSR count). The van der Waals surface area contributed by atoms with Crippen molar-refractivity contribution in [3.05, 3.63) is 23.5 Å². The summed E-state index contributed by atoms with van der Waals surface area (Å²) in [6.45, 7) is 12.6. The number of carbonyl (C=O) groups excluding carboxylic acids is 1. The molecule has 0 bridgehead atoms. The average Bonchev–Trinajstić information content (AvgIpc) is 2.32. The lowest BCUT2D eigenvalue weighted by molar-refractivity contribution is 0.00749. The van der Waals surface area contributed by atoms with Crippen molar-refractivity contribution in [1.82, 2.24) is 9.88 Å². The van der Waals surface area contributed by atoms with Gasteiger partial charge in [0.25, 0.3) is 0 Å². The molecule has 0 radical (unpaired) electrons. The third-order valence-corrected chi connectivity index (χ3v) is 3.13. The minimum absolute atomic E-state index is 0.320. The fourth-order valence-electron chi connectivity index (χ4n) is 1.84. The minimum atomic E-state index is -0.513. The highest BCUT2D eigenvalue weighted by atomic mass is 35.5. The van der Waals surface area contributed by atoms with E-state index < -0.39 is 5.60 Å². The van der Waals surface area contributed by atoms with E-state index in [2.05, 4.69) is 10.3 Å². The Hall–Kier alpha value is -1.49. The largest absolute Gasteiger partial charge is 0.444 e. The first-order valence-electron chi connectivity index (χ1n) is 7.36. The van der Waals surface area contributed by atoms with Gasteiger partial charge in [-0.25, -0.2) is 9.78 Å². The number of anilines is 1. The third-order valence-electron chi connectivity index (χ3n) is 2.83. The Morgan fingerprint density at radius 2 is 1.95 bits per heavy atom. The van der Waals surface area contributed by atoms with Crippen LogP contribution in [-0.4, -0.2) is 40.2 Å². The maximum atomic E-state index is 12.4. The van der Waals surface area contributed by atoms with Crippen LogP contribution in [0, 0.1) is 0 Å². The van der Waals surface area contributed by atoms with Gasteiger partial charge < -0.3 is 15.0 Å². The molecule has 0 fully saturated rings. The summed E-state index contributed by atoms with van der Waals surface area (Å²) < 4.78 is 5.47. The second kappa shape index (κ2) is 7.18. The number of ether oxygens (including phenoxy) is 1. The first kappa shape index (κ1) is 18.6. The van der Waals surface area contributed by atoms with Crippen LogP contribution in [0.5, 0.6) is 0 Å². The summed E-state index contributed by atoms with van der Waals surface area (Å²) in [5.41, 5.74) is -0.0918. The van der Waals surface area contributed by atoms with Gasteiger partial charge in [0.2, 0.25) is 0 Å². The van der Waals surface area contributed by atoms with Crippen LogP contribution >= 0.6 is 11.6 Å². The maximum absolute atomic E-state index is 12.4. The molecule has 0 aliphatic heterocycles. The Balaban J connectivity index is 2.67. The summed E-state index contributed by atoms with van der Waals surface area (Å²) in [6, 6.07) is 3.66. The molecule has 124 valence electrons. The first-order chi connectivity index (χ1) is 10.0. The molecular weight excluding hydrogens is 302 g/mol. The molecule has 0 aliphatic carbocycles. The lowest BCUT2D eigenvalue weighted by Gasteiger charge is -2.37. The predicted molar refractivity (Wildman–Crippen MR) is 90.4 cm³/mol. The molecule has 1 N–H and O–H groups in total. The SMILES string of the molecule is CC(C)(C)OC(=O)N(CCNc1cccnc1Cl)C(C)(C)C. The van der Waals surface area contributed by atoms with E-state index in [4.69, 9.17) is 16.3 Å². The quantitative estimate of drug-likeness (QED) is 0.843. The van der Waals surface area contributed by atoms with Gasteiger partial charge >= 0.3 is 6.09 Å². The van der Waals surface area contributed by atoms with Gasteiger partial charge in [0.1, 0.15) is 5.60 Å². The van der Waals surface area contributed by atoms with E-state index in [9.17, 15) is 4.79 Å². The molecule has 0 aliphatic rings. The minimum Gasteiger partial charge on any atom is -0.444 e. The Bertz CT molecular complexity index is 507. The Morgan fingerprint density at radius 3 is 2.45 bits per heavy atom. The van der Waals surface area contributed by atoms with Gasteiger partial charge in [-0.3, -0.25) is 0 Å². The fourth-order valence-corrected chi connectivity index (χ4v) is 2.02. The maximum Gasteiger partial charge on any atom is 0.410 e. The van der Waals surface area contributed by atoms with Crippen molar-refractivity contribution >= 4 is 23.4 Å². The van der Waals surface area contributed by atoms with Crippen LogP contribution in [0.1, 0.15) is 41.5 Å². The van der Waals surface area contributed by atoms with E-state index in [0.29, 0.717) is 18.2 Å². The molecule has 22 heavy (non-hydrogen) atoms. The van der Waals surface area contributed by atoms with E-state index in [1.54, 1.807) is 11.1 Å². The molecule has 0 atom stereocenters. The molecule has 0 spiro atoms. The van der Waals surface area contributed by atoms with Gasteiger partial charge in [-0.2, -0.15) is 0 Å². The number of pyridine rings is 1. The number of halogens is 1. The Morgan fingerprint density at radius 1 is 1.32 bits per heavy atom. The molecule has 1 aromatic rings. The van der Waals surface area contributed by atoms with Gasteiger partial charge in [0.05, 0.1) is 5.69 Å². The van der Waals surface area contributed by atoms with Crippen molar-refractivity contribution in [2.24, 2.45) is 0 Å². The van der Waals surface area contributed by atoms with Crippen molar-refractivity contribution < 1.29 is 9.53 Å². The molecule has 6 heteroatoms. The monoisotopic (exact) mass is 327 g/mol. The molecule has 1 amide bonds. The van der Waals surface area contributed by atoms with E-state index in [0.717, 1.165) is 5.69 Å². The number of rotatable bonds is 4. The van der Waals surface area contributed by atoms with Crippen LogP contribution in [-0.2, 0) is 4.74 Å². The molecule has 0 unspecified atom stereocenters. The van der Waals surface area contributed by atoms with E-state index >= 15 is 0 Å². The van der Waals surface area contributed by atoms with Crippen LogP contribution < -0.4 is 5.32 Å². The summed E-state index contributed by atoms with van der Waals surface area (Å²) in [5, 5.41) is 3.61. The van der Waals surface area contributed by atoms with Crippen molar-refractivity contribution in [3.63, 3.8) is 0 Å². The van der Waals surface area contributed by atoms with Gasteiger partial charge in [-0.15, -0.1) is 0 Å². The lowest BCUT2D eigenvalue weighted by atomic mass is 10.1. The van der Waals surface area contributed by atoms with Crippen molar-refractivity contribution in [1.29, 1.82) is 0 Å². The molecule has 1 aromatic heterocycles. The smallest absolute Gasteiger partial charge is 0.410 e. The highest BCUT2D eigenvalue weighted by Crippen LogP contribution is 2.20. The topological polar surface area (TPSA) is 54.5 Å². The standard InChI is InChI=1S/C16H26ClN3O2/c1-15(2,3)20(14(21)22-16(4,5)6)11-10-18-12-8-7-9-19-13(12)17/h7-9,18H,10-11H2,1-6H3. The third kappa shape index (κ3) is 6.10. The number of hydrogen-bond donors (Lipinski definition) is 1. The van der Waals surface area contributed by atoms with E-state index in [1.807, 2.05) is 53.7 Å². The van der Waals surface area contributed by atoms with Crippen LogP contribution in [0.2, 0.25) is 5.15 Å². The zero-order valence-corrected chi connectivity index (χ0v) is 15.0. The number of aromatic nitrogens is 1. The summed E-state index contributed by atoms with van der Waals surface area (Å²) in [4.78, 5) is 18.1. The van der Waals surface area contributed by atoms with Gasteiger partial charge in [-0.05, 0) is 53.7 Å². The molecule has 0 saturated carbocycles. The van der Waals surface area contributed by atoms with Crippen molar-refractivity contribution in [2.75, 3.05) is 18.4 Å². The highest BCUT2D eigenvalue weighted by molar-refractivity contribution is 6.31. The van der Waals surface area contributed by atoms with Crippen LogP contribution in [0.4, 0.5) is 10.5 Å². The van der Waals surface area contributed by atoms with E-state index in [-0.39, 0.29) is 11.6 Å². The van der Waals surface area contributed by atoms with Gasteiger partial charge in [0.15, 0.2) is 5.15 Å². The lowest BCUT2D eigenvalue weighted by Crippen LogP contribution is -2.49. The molecule has 5 nitrogen and oxygen atoms in total. The van der Waals surface area contributed by atoms with Gasteiger partial charge in [-0.1, -0.05) is 11.6 Å². The Kier molecular flexibility index (Phi) is 6.06. The number of hydrogen-bond acceptors (Lipinski definition) is 4. The average molecular weight is 328 g/mol. The van der Waals surface area contributed by atoms with Crippen LogP contribution in [0.15, 0.2) is 18.3 Å². The van der Waals surface area contributed by atoms with Crippen molar-refractivity contribution in [3.8, 4) is 0 Å². The molecule has 0 saturated heterocycles. The predicted octanol–water partition coefficient (Wildman–Crippen LogP) is 4.18. The molecule has 1 heterocycles. The number of nitrogens with zero attached hydrogens (tertiary/aromatic N) is 2. The van der Waals surface area contributed by atoms with E-state index in [1.165, 1.54) is 0 Å². The number of nitrogens with one attached hydrogen (secondary N) is 1. The van der Waals surface area contributed by atoms with Crippen molar-refractivity contribution in [2.45, 2.75) is 52.7 Å². The number of carbonyl (C=O) groups is 1. The summed E-state index contributed by atoms with van der Waals surface area (Å²) in [6.07, 6.45) is 1.31. The first-order valence-corrected chi connectivity index (χ1v) is 7.73. The Labute approximate surface area is 138 Å². The highest BCUT2D eigenvalue weighted by Gasteiger charge is 2.30.